The Hall–Kier alpha value is 0.270. The highest BCUT2D eigenvalue weighted by Gasteiger charge is 2.21. The van der Waals surface area contributed by atoms with E-state index in [2.05, 4.69) is 56.6 Å². The molecule has 1 saturated heterocycles. The van der Waals surface area contributed by atoms with Crippen molar-refractivity contribution in [3.63, 3.8) is 0 Å². The van der Waals surface area contributed by atoms with Crippen molar-refractivity contribution >= 4 is 11.8 Å². The van der Waals surface area contributed by atoms with Gasteiger partial charge in [-0.15, -0.1) is 0 Å². The first-order valence-electron chi connectivity index (χ1n) is 7.13. The minimum Gasteiger partial charge on any atom is -0.312 e. The van der Waals surface area contributed by atoms with Crippen LogP contribution in [0.3, 0.4) is 0 Å². The van der Waals surface area contributed by atoms with Gasteiger partial charge in [0.25, 0.3) is 0 Å². The van der Waals surface area contributed by atoms with Gasteiger partial charge in [-0.2, -0.15) is 11.8 Å². The highest BCUT2D eigenvalue weighted by molar-refractivity contribution is 7.99. The number of hydrogen-bond donors (Lipinski definition) is 1. The van der Waals surface area contributed by atoms with Gasteiger partial charge in [-0.3, -0.25) is 4.90 Å². The monoisotopic (exact) mass is 258 g/mol. The molecule has 1 aliphatic rings. The third-order valence-corrected chi connectivity index (χ3v) is 5.09. The summed E-state index contributed by atoms with van der Waals surface area (Å²) in [5, 5.41) is 4.54. The highest BCUT2D eigenvalue weighted by Crippen LogP contribution is 2.24. The van der Waals surface area contributed by atoms with Crippen molar-refractivity contribution in [2.75, 3.05) is 18.8 Å². The summed E-state index contributed by atoms with van der Waals surface area (Å²) in [7, 11) is 0. The Bertz CT molecular complexity index is 198. The molecule has 1 aliphatic heterocycles. The van der Waals surface area contributed by atoms with Crippen molar-refractivity contribution in [3.8, 4) is 0 Å². The molecular weight excluding hydrogens is 228 g/mol. The lowest BCUT2D eigenvalue weighted by Crippen LogP contribution is -2.46. The van der Waals surface area contributed by atoms with E-state index in [9.17, 15) is 0 Å². The Morgan fingerprint density at radius 1 is 1.24 bits per heavy atom. The predicted octanol–water partition coefficient (Wildman–Crippen LogP) is 2.98. The van der Waals surface area contributed by atoms with E-state index in [0.717, 1.165) is 17.8 Å². The lowest BCUT2D eigenvalue weighted by molar-refractivity contribution is 0.173. The van der Waals surface area contributed by atoms with Crippen molar-refractivity contribution < 1.29 is 0 Å². The summed E-state index contributed by atoms with van der Waals surface area (Å²) in [6.07, 6.45) is 2.74. The third-order valence-electron chi connectivity index (χ3n) is 3.71. The normalized spacial score (nSPS) is 26.1. The van der Waals surface area contributed by atoms with Crippen LogP contribution >= 0.6 is 11.8 Å². The van der Waals surface area contributed by atoms with E-state index in [-0.39, 0.29) is 0 Å². The molecule has 0 spiro atoms. The minimum absolute atomic E-state index is 0.648. The average molecular weight is 258 g/mol. The van der Waals surface area contributed by atoms with Crippen molar-refractivity contribution in [3.05, 3.63) is 0 Å². The molecule has 1 rings (SSSR count). The summed E-state index contributed by atoms with van der Waals surface area (Å²) in [4.78, 5) is 2.56. The van der Waals surface area contributed by atoms with Gasteiger partial charge in [-0.05, 0) is 46.3 Å². The van der Waals surface area contributed by atoms with Crippen molar-refractivity contribution in [1.82, 2.24) is 10.2 Å². The predicted molar refractivity (Wildman–Crippen MR) is 79.9 cm³/mol. The van der Waals surface area contributed by atoms with Crippen LogP contribution in [0.15, 0.2) is 0 Å². The first-order chi connectivity index (χ1) is 8.02. The molecule has 0 saturated carbocycles. The van der Waals surface area contributed by atoms with Crippen LogP contribution in [0, 0.1) is 0 Å². The lowest BCUT2D eigenvalue weighted by atomic mass is 10.1. The molecule has 0 bridgehead atoms. The molecule has 1 N–H and O–H groups in total. The summed E-state index contributed by atoms with van der Waals surface area (Å²) in [6, 6.07) is 2.03. The molecule has 0 aromatic heterocycles. The van der Waals surface area contributed by atoms with Gasteiger partial charge in [-0.25, -0.2) is 0 Å². The number of thioether (sulfide) groups is 1. The van der Waals surface area contributed by atoms with Gasteiger partial charge in [0.2, 0.25) is 0 Å². The number of nitrogens with zero attached hydrogens (tertiary/aromatic N) is 1. The maximum Gasteiger partial charge on any atom is 0.0184 e. The molecule has 102 valence electrons. The van der Waals surface area contributed by atoms with Crippen molar-refractivity contribution in [1.29, 1.82) is 0 Å². The van der Waals surface area contributed by atoms with Gasteiger partial charge in [0.05, 0.1) is 0 Å². The lowest BCUT2D eigenvalue weighted by Gasteiger charge is -2.33. The summed E-state index contributed by atoms with van der Waals surface area (Å²) in [5.74, 6) is 1.35. The molecule has 1 heterocycles. The Morgan fingerprint density at radius 2 is 1.88 bits per heavy atom. The minimum atomic E-state index is 0.648. The van der Waals surface area contributed by atoms with Gasteiger partial charge in [0.15, 0.2) is 0 Å². The van der Waals surface area contributed by atoms with E-state index < -0.39 is 0 Å². The van der Waals surface area contributed by atoms with Gasteiger partial charge in [0.1, 0.15) is 0 Å². The fourth-order valence-electron chi connectivity index (χ4n) is 2.68. The first kappa shape index (κ1) is 15.3. The fraction of sp³-hybridized carbons (Fsp3) is 1.00. The zero-order chi connectivity index (χ0) is 12.8. The SMILES string of the molecule is CC1SCCCC1NCCN(C(C)C)C(C)C. The summed E-state index contributed by atoms with van der Waals surface area (Å²) in [6.45, 7) is 13.8. The van der Waals surface area contributed by atoms with Crippen LogP contribution in [0.4, 0.5) is 0 Å². The molecule has 17 heavy (non-hydrogen) atoms. The maximum absolute atomic E-state index is 3.75. The second kappa shape index (κ2) is 7.65. The molecule has 0 radical (unpaired) electrons. The van der Waals surface area contributed by atoms with Crippen molar-refractivity contribution in [2.45, 2.75) is 70.8 Å². The molecule has 1 fully saturated rings. The van der Waals surface area contributed by atoms with E-state index in [0.29, 0.717) is 12.1 Å². The van der Waals surface area contributed by atoms with Crippen LogP contribution in [0.5, 0.6) is 0 Å². The topological polar surface area (TPSA) is 15.3 Å². The Morgan fingerprint density at radius 3 is 2.41 bits per heavy atom. The van der Waals surface area contributed by atoms with E-state index in [1.54, 1.807) is 0 Å². The Kier molecular flexibility index (Phi) is 6.90. The summed E-state index contributed by atoms with van der Waals surface area (Å²) < 4.78 is 0. The Balaban J connectivity index is 2.25. The summed E-state index contributed by atoms with van der Waals surface area (Å²) >= 11 is 2.12. The number of rotatable bonds is 6. The van der Waals surface area contributed by atoms with Gasteiger partial charge in [0, 0.05) is 36.5 Å². The average Bonchev–Trinajstić information content (AvgIpc) is 2.25. The highest BCUT2D eigenvalue weighted by atomic mass is 32.2. The zero-order valence-corrected chi connectivity index (χ0v) is 13.0. The fourth-order valence-corrected chi connectivity index (χ4v) is 3.85. The van der Waals surface area contributed by atoms with Crippen LogP contribution < -0.4 is 5.32 Å². The van der Waals surface area contributed by atoms with E-state index >= 15 is 0 Å². The largest absolute Gasteiger partial charge is 0.312 e. The molecule has 3 heteroatoms. The molecule has 0 aliphatic carbocycles. The second-order valence-corrected chi connectivity index (χ2v) is 7.19. The van der Waals surface area contributed by atoms with E-state index in [1.165, 1.54) is 25.1 Å². The first-order valence-corrected chi connectivity index (χ1v) is 8.18. The molecule has 0 amide bonds. The summed E-state index contributed by atoms with van der Waals surface area (Å²) in [5.41, 5.74) is 0. The van der Waals surface area contributed by atoms with Crippen molar-refractivity contribution in [2.24, 2.45) is 0 Å². The molecule has 0 aromatic carbocycles. The molecular formula is C14H30N2S. The van der Waals surface area contributed by atoms with Crippen LogP contribution in [-0.4, -0.2) is 47.1 Å². The van der Waals surface area contributed by atoms with E-state index in [1.807, 2.05) is 0 Å². The third kappa shape index (κ3) is 5.19. The van der Waals surface area contributed by atoms with E-state index in [4.69, 9.17) is 0 Å². The van der Waals surface area contributed by atoms with Gasteiger partial charge < -0.3 is 5.32 Å². The zero-order valence-electron chi connectivity index (χ0n) is 12.2. The van der Waals surface area contributed by atoms with Crippen LogP contribution in [0.25, 0.3) is 0 Å². The second-order valence-electron chi connectivity index (χ2n) is 5.70. The van der Waals surface area contributed by atoms with Crippen LogP contribution in [0.1, 0.15) is 47.5 Å². The van der Waals surface area contributed by atoms with Gasteiger partial charge >= 0.3 is 0 Å². The molecule has 2 nitrogen and oxygen atoms in total. The molecule has 2 unspecified atom stereocenters. The van der Waals surface area contributed by atoms with Gasteiger partial charge in [-0.1, -0.05) is 6.92 Å². The molecule has 2 atom stereocenters. The quantitative estimate of drug-likeness (QED) is 0.788. The Labute approximate surface area is 112 Å². The standard InChI is InChI=1S/C14H30N2S/c1-11(2)16(12(3)4)9-8-15-14-7-6-10-17-13(14)5/h11-15H,6-10H2,1-5H3. The van der Waals surface area contributed by atoms with Crippen LogP contribution in [0.2, 0.25) is 0 Å². The molecule has 0 aromatic rings. The number of hydrogen-bond acceptors (Lipinski definition) is 3. The number of nitrogens with one attached hydrogen (secondary N) is 1. The van der Waals surface area contributed by atoms with Crippen LogP contribution in [-0.2, 0) is 0 Å². The smallest absolute Gasteiger partial charge is 0.0184 e. The maximum atomic E-state index is 3.75.